The Labute approximate surface area is 201 Å². The van der Waals surface area contributed by atoms with Gasteiger partial charge >= 0.3 is 0 Å². The van der Waals surface area contributed by atoms with Gasteiger partial charge in [0.05, 0.1) is 15.6 Å². The number of carbonyl (C=O) groups is 1. The van der Waals surface area contributed by atoms with Gasteiger partial charge in [0.15, 0.2) is 0 Å². The molecule has 1 amide bonds. The van der Waals surface area contributed by atoms with Crippen LogP contribution in [0.1, 0.15) is 21.7 Å². The molecule has 4 aromatic rings. The Balaban J connectivity index is 1.47. The van der Waals surface area contributed by atoms with Gasteiger partial charge in [-0.25, -0.2) is 17.8 Å². The standard InChI is InChI=1S/C24H20ClFN4O3S/c1-16-27-12-13-30(16)15-17-2-7-20(8-3-17)28-24(31)18-4-11-22(25)23(14-18)29-34(32,33)21-9-5-19(26)6-10-21/h2-14,29H,15H2,1H3,(H,28,31). The number of anilines is 2. The summed E-state index contributed by atoms with van der Waals surface area (Å²) in [6, 6.07) is 16.0. The molecule has 0 unspecified atom stereocenters. The molecule has 4 rings (SSSR count). The van der Waals surface area contributed by atoms with Gasteiger partial charge in [-0.1, -0.05) is 23.7 Å². The zero-order chi connectivity index (χ0) is 24.3. The molecule has 0 aliphatic heterocycles. The van der Waals surface area contributed by atoms with E-state index >= 15 is 0 Å². The van der Waals surface area contributed by atoms with E-state index in [-0.39, 0.29) is 21.2 Å². The maximum Gasteiger partial charge on any atom is 0.261 e. The van der Waals surface area contributed by atoms with Crippen LogP contribution in [0, 0.1) is 12.7 Å². The minimum Gasteiger partial charge on any atom is -0.331 e. The lowest BCUT2D eigenvalue weighted by atomic mass is 10.1. The molecule has 10 heteroatoms. The van der Waals surface area contributed by atoms with Gasteiger partial charge in [-0.3, -0.25) is 9.52 Å². The summed E-state index contributed by atoms with van der Waals surface area (Å²) in [7, 11) is -4.02. The quantitative estimate of drug-likeness (QED) is 0.371. The summed E-state index contributed by atoms with van der Waals surface area (Å²) in [5.41, 5.74) is 1.87. The number of aromatic nitrogens is 2. The van der Waals surface area contributed by atoms with E-state index in [0.29, 0.717) is 12.2 Å². The summed E-state index contributed by atoms with van der Waals surface area (Å²) >= 11 is 6.14. The van der Waals surface area contributed by atoms with Gasteiger partial charge < -0.3 is 9.88 Å². The van der Waals surface area contributed by atoms with Crippen molar-refractivity contribution in [2.45, 2.75) is 18.4 Å². The van der Waals surface area contributed by atoms with Crippen molar-refractivity contribution in [2.24, 2.45) is 0 Å². The molecule has 0 saturated carbocycles. The molecule has 0 atom stereocenters. The van der Waals surface area contributed by atoms with Gasteiger partial charge in [-0.2, -0.15) is 0 Å². The smallest absolute Gasteiger partial charge is 0.261 e. The summed E-state index contributed by atoms with van der Waals surface area (Å²) < 4.78 is 42.7. The highest BCUT2D eigenvalue weighted by Crippen LogP contribution is 2.26. The molecule has 0 spiro atoms. The van der Waals surface area contributed by atoms with Crippen LogP contribution in [0.2, 0.25) is 5.02 Å². The molecule has 0 radical (unpaired) electrons. The highest BCUT2D eigenvalue weighted by atomic mass is 35.5. The molecule has 0 bridgehead atoms. The van der Waals surface area contributed by atoms with Crippen LogP contribution < -0.4 is 10.0 Å². The number of carbonyl (C=O) groups excluding carboxylic acids is 1. The number of hydrogen-bond donors (Lipinski definition) is 2. The number of nitrogens with one attached hydrogen (secondary N) is 2. The van der Waals surface area contributed by atoms with Crippen LogP contribution in [0.4, 0.5) is 15.8 Å². The molecule has 34 heavy (non-hydrogen) atoms. The second kappa shape index (κ2) is 9.66. The number of imidazole rings is 1. The Hall–Kier alpha value is -3.69. The van der Waals surface area contributed by atoms with Crippen molar-refractivity contribution in [3.05, 3.63) is 107 Å². The van der Waals surface area contributed by atoms with Crippen LogP contribution in [0.25, 0.3) is 0 Å². The van der Waals surface area contributed by atoms with Gasteiger partial charge in [0, 0.05) is 30.2 Å². The van der Waals surface area contributed by atoms with Crippen molar-refractivity contribution < 1.29 is 17.6 Å². The summed E-state index contributed by atoms with van der Waals surface area (Å²) in [4.78, 5) is 16.8. The van der Waals surface area contributed by atoms with Crippen LogP contribution in [0.3, 0.4) is 0 Å². The monoisotopic (exact) mass is 498 g/mol. The highest BCUT2D eigenvalue weighted by Gasteiger charge is 2.17. The summed E-state index contributed by atoms with van der Waals surface area (Å²) in [6.07, 6.45) is 3.64. The fraction of sp³-hybridized carbons (Fsp3) is 0.0833. The van der Waals surface area contributed by atoms with Crippen LogP contribution >= 0.6 is 11.6 Å². The van der Waals surface area contributed by atoms with E-state index < -0.39 is 21.7 Å². The first kappa shape index (κ1) is 23.5. The van der Waals surface area contributed by atoms with E-state index in [1.807, 2.05) is 29.8 Å². The topological polar surface area (TPSA) is 93.1 Å². The first-order chi connectivity index (χ1) is 16.2. The molecule has 3 aromatic carbocycles. The summed E-state index contributed by atoms with van der Waals surface area (Å²) in [6.45, 7) is 2.59. The molecular formula is C24H20ClFN4O3S. The maximum atomic E-state index is 13.1. The van der Waals surface area contributed by atoms with E-state index in [1.54, 1.807) is 18.3 Å². The third-order valence-electron chi connectivity index (χ3n) is 5.09. The maximum absolute atomic E-state index is 13.1. The highest BCUT2D eigenvalue weighted by molar-refractivity contribution is 7.92. The lowest BCUT2D eigenvalue weighted by molar-refractivity contribution is 0.102. The minimum atomic E-state index is -4.02. The Morgan fingerprint density at radius 1 is 1.06 bits per heavy atom. The second-order valence-corrected chi connectivity index (χ2v) is 9.60. The number of benzene rings is 3. The van der Waals surface area contributed by atoms with E-state index in [2.05, 4.69) is 15.0 Å². The third-order valence-corrected chi connectivity index (χ3v) is 6.80. The predicted octanol–water partition coefficient (Wildman–Crippen LogP) is 5.09. The zero-order valence-electron chi connectivity index (χ0n) is 18.0. The fourth-order valence-corrected chi connectivity index (χ4v) is 4.52. The lowest BCUT2D eigenvalue weighted by Crippen LogP contribution is -2.15. The number of amides is 1. The molecule has 2 N–H and O–H groups in total. The Bertz CT molecular complexity index is 1440. The van der Waals surface area contributed by atoms with Gasteiger partial charge in [-0.15, -0.1) is 0 Å². The van der Waals surface area contributed by atoms with Crippen LogP contribution in [-0.2, 0) is 16.6 Å². The number of rotatable bonds is 7. The molecule has 0 saturated heterocycles. The molecule has 0 aliphatic rings. The van der Waals surface area contributed by atoms with Gasteiger partial charge in [-0.05, 0) is 67.1 Å². The molecule has 1 heterocycles. The first-order valence-corrected chi connectivity index (χ1v) is 12.0. The normalized spacial score (nSPS) is 11.3. The third kappa shape index (κ3) is 5.44. The average molecular weight is 499 g/mol. The van der Waals surface area contributed by atoms with Crippen LogP contribution in [0.15, 0.2) is 84.0 Å². The largest absolute Gasteiger partial charge is 0.331 e. The van der Waals surface area contributed by atoms with Crippen LogP contribution in [-0.4, -0.2) is 23.9 Å². The van der Waals surface area contributed by atoms with E-state index in [4.69, 9.17) is 11.6 Å². The predicted molar refractivity (Wildman–Crippen MR) is 129 cm³/mol. The number of hydrogen-bond acceptors (Lipinski definition) is 4. The molecule has 7 nitrogen and oxygen atoms in total. The van der Waals surface area contributed by atoms with E-state index in [0.717, 1.165) is 35.7 Å². The van der Waals surface area contributed by atoms with E-state index in [1.165, 1.54) is 18.2 Å². The van der Waals surface area contributed by atoms with Crippen LogP contribution in [0.5, 0.6) is 0 Å². The van der Waals surface area contributed by atoms with Crippen molar-refractivity contribution in [1.82, 2.24) is 9.55 Å². The number of sulfonamides is 1. The van der Waals surface area contributed by atoms with Crippen molar-refractivity contribution in [2.75, 3.05) is 10.0 Å². The molecule has 1 aromatic heterocycles. The van der Waals surface area contributed by atoms with Gasteiger partial charge in [0.1, 0.15) is 11.6 Å². The number of halogens is 2. The number of aryl methyl sites for hydroxylation is 1. The average Bonchev–Trinajstić information content (AvgIpc) is 3.21. The van der Waals surface area contributed by atoms with Gasteiger partial charge in [0.25, 0.3) is 15.9 Å². The first-order valence-electron chi connectivity index (χ1n) is 10.2. The minimum absolute atomic E-state index is 0.0321. The molecule has 0 aliphatic carbocycles. The zero-order valence-corrected chi connectivity index (χ0v) is 19.6. The summed E-state index contributed by atoms with van der Waals surface area (Å²) in [5, 5.41) is 2.90. The van der Waals surface area contributed by atoms with Crippen molar-refractivity contribution in [3.63, 3.8) is 0 Å². The Morgan fingerprint density at radius 2 is 1.76 bits per heavy atom. The number of nitrogens with zero attached hydrogens (tertiary/aromatic N) is 2. The van der Waals surface area contributed by atoms with Gasteiger partial charge in [0.2, 0.25) is 0 Å². The summed E-state index contributed by atoms with van der Waals surface area (Å²) in [5.74, 6) is -0.0800. The second-order valence-electron chi connectivity index (χ2n) is 7.51. The Kier molecular flexibility index (Phi) is 6.67. The lowest BCUT2D eigenvalue weighted by Gasteiger charge is -2.12. The Morgan fingerprint density at radius 3 is 2.41 bits per heavy atom. The van der Waals surface area contributed by atoms with Crippen molar-refractivity contribution >= 4 is 38.9 Å². The van der Waals surface area contributed by atoms with E-state index in [9.17, 15) is 17.6 Å². The molecule has 0 fully saturated rings. The molecule has 174 valence electrons. The fourth-order valence-electron chi connectivity index (χ4n) is 3.23. The molecular weight excluding hydrogens is 479 g/mol. The van der Waals surface area contributed by atoms with Crippen molar-refractivity contribution in [3.8, 4) is 0 Å². The SMILES string of the molecule is Cc1nccn1Cc1ccc(NC(=O)c2ccc(Cl)c(NS(=O)(=O)c3ccc(F)cc3)c2)cc1. The van der Waals surface area contributed by atoms with Crippen molar-refractivity contribution in [1.29, 1.82) is 0 Å².